The van der Waals surface area contributed by atoms with Crippen molar-refractivity contribution < 1.29 is 28.2 Å². The Kier molecular flexibility index (Phi) is 3.56. The fraction of sp³-hybridized carbons (Fsp3) is 0.375. The van der Waals surface area contributed by atoms with E-state index in [4.69, 9.17) is 10.8 Å². The van der Waals surface area contributed by atoms with Crippen molar-refractivity contribution in [2.75, 3.05) is 0 Å². The average molecular weight is 255 g/mol. The van der Waals surface area contributed by atoms with Gasteiger partial charge in [-0.3, -0.25) is 4.79 Å². The third kappa shape index (κ3) is 2.71. The van der Waals surface area contributed by atoms with Crippen molar-refractivity contribution in [3.05, 3.63) is 21.9 Å². The number of thiophene rings is 1. The number of halogens is 3. The molecule has 1 aromatic rings. The van der Waals surface area contributed by atoms with Crippen molar-refractivity contribution >= 4 is 17.3 Å². The van der Waals surface area contributed by atoms with Crippen LogP contribution in [0.25, 0.3) is 0 Å². The SMILES string of the molecule is NC(C(=O)O)C(O)c1ccc(C(F)(F)F)s1. The number of aliphatic hydroxyl groups is 1. The molecule has 4 N–H and O–H groups in total. The molecule has 0 radical (unpaired) electrons. The van der Waals surface area contributed by atoms with Crippen LogP contribution in [0.5, 0.6) is 0 Å². The molecule has 8 heteroatoms. The maximum absolute atomic E-state index is 12.2. The molecule has 1 rings (SSSR count). The highest BCUT2D eigenvalue weighted by atomic mass is 32.1. The number of nitrogens with two attached hydrogens (primary N) is 1. The zero-order valence-electron chi connectivity index (χ0n) is 7.73. The van der Waals surface area contributed by atoms with E-state index < -0.39 is 29.2 Å². The molecule has 2 unspecified atom stereocenters. The first kappa shape index (κ1) is 12.9. The zero-order valence-corrected chi connectivity index (χ0v) is 8.55. The minimum atomic E-state index is -4.50. The molecular formula is C8H8F3NO3S. The fourth-order valence-electron chi connectivity index (χ4n) is 0.976. The second kappa shape index (κ2) is 4.40. The highest BCUT2D eigenvalue weighted by molar-refractivity contribution is 7.12. The van der Waals surface area contributed by atoms with E-state index in [1.54, 1.807) is 0 Å². The van der Waals surface area contributed by atoms with E-state index in [0.717, 1.165) is 12.1 Å². The number of carboxylic acid groups (broad SMARTS) is 1. The predicted octanol–water partition coefficient (Wildman–Crippen LogP) is 1.21. The maximum atomic E-state index is 12.2. The molecule has 2 atom stereocenters. The molecule has 4 nitrogen and oxygen atoms in total. The molecule has 0 aliphatic heterocycles. The molecule has 1 heterocycles. The number of rotatable bonds is 3. The normalized spacial score (nSPS) is 15.8. The molecule has 0 fully saturated rings. The van der Waals surface area contributed by atoms with Gasteiger partial charge in [0.2, 0.25) is 0 Å². The van der Waals surface area contributed by atoms with E-state index in [0.29, 0.717) is 0 Å². The monoisotopic (exact) mass is 255 g/mol. The Morgan fingerprint density at radius 1 is 1.44 bits per heavy atom. The van der Waals surface area contributed by atoms with Crippen molar-refractivity contribution in [3.63, 3.8) is 0 Å². The number of aliphatic hydroxyl groups excluding tert-OH is 1. The van der Waals surface area contributed by atoms with Crippen LogP contribution in [0.2, 0.25) is 0 Å². The molecule has 90 valence electrons. The van der Waals surface area contributed by atoms with Crippen LogP contribution in [0.4, 0.5) is 13.2 Å². The number of carbonyl (C=O) groups is 1. The van der Waals surface area contributed by atoms with Gasteiger partial charge in [0.05, 0.1) is 0 Å². The first-order chi connectivity index (χ1) is 7.23. The number of hydrogen-bond donors (Lipinski definition) is 3. The Morgan fingerprint density at radius 2 is 2.00 bits per heavy atom. The zero-order chi connectivity index (χ0) is 12.5. The number of alkyl halides is 3. The predicted molar refractivity (Wildman–Crippen MR) is 49.9 cm³/mol. The summed E-state index contributed by atoms with van der Waals surface area (Å²) in [7, 11) is 0. The van der Waals surface area contributed by atoms with E-state index in [2.05, 4.69) is 0 Å². The van der Waals surface area contributed by atoms with E-state index in [1.807, 2.05) is 0 Å². The van der Waals surface area contributed by atoms with E-state index >= 15 is 0 Å². The molecule has 0 saturated heterocycles. The van der Waals surface area contributed by atoms with Gasteiger partial charge < -0.3 is 15.9 Å². The second-order valence-electron chi connectivity index (χ2n) is 3.01. The molecule has 0 bridgehead atoms. The third-order valence-electron chi connectivity index (χ3n) is 1.82. The van der Waals surface area contributed by atoms with Crippen LogP contribution >= 0.6 is 11.3 Å². The summed E-state index contributed by atoms with van der Waals surface area (Å²) < 4.78 is 36.6. The minimum Gasteiger partial charge on any atom is -0.480 e. The van der Waals surface area contributed by atoms with Gasteiger partial charge in [-0.2, -0.15) is 13.2 Å². The van der Waals surface area contributed by atoms with Crippen LogP contribution < -0.4 is 5.73 Å². The fourth-order valence-corrected chi connectivity index (χ4v) is 1.89. The topological polar surface area (TPSA) is 83.6 Å². The van der Waals surface area contributed by atoms with Crippen LogP contribution in [0.15, 0.2) is 12.1 Å². The summed E-state index contributed by atoms with van der Waals surface area (Å²) >= 11 is 0.275. The van der Waals surface area contributed by atoms with E-state index in [9.17, 15) is 23.1 Å². The number of carboxylic acids is 1. The summed E-state index contributed by atoms with van der Waals surface area (Å²) in [6.45, 7) is 0. The van der Waals surface area contributed by atoms with Gasteiger partial charge in [0.15, 0.2) is 0 Å². The Bertz CT molecular complexity index is 390. The first-order valence-corrected chi connectivity index (χ1v) is 4.88. The van der Waals surface area contributed by atoms with Gasteiger partial charge in [0, 0.05) is 4.88 Å². The smallest absolute Gasteiger partial charge is 0.425 e. The van der Waals surface area contributed by atoms with Gasteiger partial charge in [0.1, 0.15) is 17.0 Å². The van der Waals surface area contributed by atoms with Gasteiger partial charge in [-0.15, -0.1) is 11.3 Å². The number of hydrogen-bond acceptors (Lipinski definition) is 4. The van der Waals surface area contributed by atoms with E-state index in [1.165, 1.54) is 0 Å². The quantitative estimate of drug-likeness (QED) is 0.758. The first-order valence-electron chi connectivity index (χ1n) is 4.07. The van der Waals surface area contributed by atoms with Crippen LogP contribution in [0, 0.1) is 0 Å². The maximum Gasteiger partial charge on any atom is 0.425 e. The summed E-state index contributed by atoms with van der Waals surface area (Å²) in [6.07, 6.45) is -6.14. The van der Waals surface area contributed by atoms with Crippen molar-refractivity contribution in [3.8, 4) is 0 Å². The van der Waals surface area contributed by atoms with Gasteiger partial charge >= 0.3 is 12.1 Å². The van der Waals surface area contributed by atoms with Gasteiger partial charge in [0.25, 0.3) is 0 Å². The Hall–Kier alpha value is -1.12. The van der Waals surface area contributed by atoms with Crippen molar-refractivity contribution in [2.24, 2.45) is 5.73 Å². The largest absolute Gasteiger partial charge is 0.480 e. The molecule has 0 saturated carbocycles. The lowest BCUT2D eigenvalue weighted by atomic mass is 10.1. The van der Waals surface area contributed by atoms with Crippen LogP contribution in [-0.2, 0) is 11.0 Å². The number of aliphatic carboxylic acids is 1. The van der Waals surface area contributed by atoms with Crippen LogP contribution in [0.1, 0.15) is 15.9 Å². The molecule has 0 spiro atoms. The second-order valence-corrected chi connectivity index (χ2v) is 4.12. The molecule has 0 amide bonds. The Balaban J connectivity index is 2.90. The molecule has 0 aliphatic rings. The summed E-state index contributed by atoms with van der Waals surface area (Å²) in [5.41, 5.74) is 5.09. The lowest BCUT2D eigenvalue weighted by Gasteiger charge is -2.12. The summed E-state index contributed by atoms with van der Waals surface area (Å²) in [4.78, 5) is 9.39. The molecule has 16 heavy (non-hydrogen) atoms. The third-order valence-corrected chi connectivity index (χ3v) is 3.02. The molecule has 1 aromatic heterocycles. The van der Waals surface area contributed by atoms with E-state index in [-0.39, 0.29) is 16.2 Å². The lowest BCUT2D eigenvalue weighted by Crippen LogP contribution is -2.36. The minimum absolute atomic E-state index is 0.123. The van der Waals surface area contributed by atoms with Crippen molar-refractivity contribution in [1.82, 2.24) is 0 Å². The highest BCUT2D eigenvalue weighted by Crippen LogP contribution is 2.36. The Labute approximate surface area is 92.1 Å². The summed E-state index contributed by atoms with van der Waals surface area (Å²) in [5, 5.41) is 17.9. The van der Waals surface area contributed by atoms with Crippen LogP contribution in [0.3, 0.4) is 0 Å². The summed E-state index contributed by atoms with van der Waals surface area (Å²) in [5.74, 6) is -1.48. The Morgan fingerprint density at radius 3 is 2.38 bits per heavy atom. The molecular weight excluding hydrogens is 247 g/mol. The van der Waals surface area contributed by atoms with Crippen molar-refractivity contribution in [2.45, 2.75) is 18.3 Å². The lowest BCUT2D eigenvalue weighted by molar-refractivity contribution is -0.141. The van der Waals surface area contributed by atoms with Gasteiger partial charge in [-0.05, 0) is 12.1 Å². The van der Waals surface area contributed by atoms with Gasteiger partial charge in [-0.1, -0.05) is 0 Å². The summed E-state index contributed by atoms with van der Waals surface area (Å²) in [6, 6.07) is 0.151. The average Bonchev–Trinajstić information content (AvgIpc) is 2.63. The van der Waals surface area contributed by atoms with Gasteiger partial charge in [-0.25, -0.2) is 0 Å². The van der Waals surface area contributed by atoms with Crippen molar-refractivity contribution in [1.29, 1.82) is 0 Å². The molecule has 0 aliphatic carbocycles. The highest BCUT2D eigenvalue weighted by Gasteiger charge is 2.34. The van der Waals surface area contributed by atoms with Crippen LogP contribution in [-0.4, -0.2) is 22.2 Å². The molecule has 0 aromatic carbocycles. The standard InChI is InChI=1S/C8H8F3NO3S/c9-8(10,11)4-2-1-3(16-4)6(13)5(12)7(14)15/h1-2,5-6,13H,12H2,(H,14,15).